The normalized spacial score (nSPS) is 18.0. The summed E-state index contributed by atoms with van der Waals surface area (Å²) in [5.74, 6) is -0.511. The molecule has 1 fully saturated rings. The number of halogens is 1. The molecule has 8 heteroatoms. The van der Waals surface area contributed by atoms with Crippen molar-refractivity contribution in [2.75, 3.05) is 36.4 Å². The molecule has 2 aliphatic rings. The molecular weight excluding hydrogens is 520 g/mol. The molecule has 3 aromatic rings. The third-order valence-electron chi connectivity index (χ3n) is 6.57. The highest BCUT2D eigenvalue weighted by atomic mass is 79.9. The van der Waals surface area contributed by atoms with Crippen LogP contribution in [0, 0.1) is 0 Å². The number of carbonyl (C=O) groups is 3. The van der Waals surface area contributed by atoms with Gasteiger partial charge in [0.2, 0.25) is 5.91 Å². The summed E-state index contributed by atoms with van der Waals surface area (Å²) in [5, 5.41) is 6.26. The van der Waals surface area contributed by atoms with Gasteiger partial charge in [-0.3, -0.25) is 19.3 Å². The Morgan fingerprint density at radius 1 is 0.861 bits per heavy atom. The Morgan fingerprint density at radius 2 is 1.67 bits per heavy atom. The second-order valence-electron chi connectivity index (χ2n) is 8.99. The summed E-state index contributed by atoms with van der Waals surface area (Å²) in [5.41, 5.74) is 2.88. The molecule has 7 nitrogen and oxygen atoms in total. The van der Waals surface area contributed by atoms with Gasteiger partial charge in [0.1, 0.15) is 0 Å². The number of fused-ring (bicyclic) bond motifs is 1. The van der Waals surface area contributed by atoms with Crippen molar-refractivity contribution in [1.82, 2.24) is 10.2 Å². The number of carbonyl (C=O) groups excluding carboxylic acids is 3. The van der Waals surface area contributed by atoms with Crippen molar-refractivity contribution in [3.8, 4) is 0 Å². The molecule has 36 heavy (non-hydrogen) atoms. The van der Waals surface area contributed by atoms with Gasteiger partial charge in [-0.15, -0.1) is 0 Å². The zero-order valence-corrected chi connectivity index (χ0v) is 21.3. The van der Waals surface area contributed by atoms with Crippen LogP contribution in [0.2, 0.25) is 0 Å². The first-order chi connectivity index (χ1) is 17.5. The second kappa shape index (κ2) is 10.6. The maximum Gasteiger partial charge on any atom is 0.258 e. The van der Waals surface area contributed by atoms with E-state index >= 15 is 0 Å². The van der Waals surface area contributed by atoms with E-state index in [-0.39, 0.29) is 24.1 Å². The minimum absolute atomic E-state index is 0.0792. The molecule has 0 aromatic heterocycles. The predicted octanol–water partition coefficient (Wildman–Crippen LogP) is 4.61. The lowest BCUT2D eigenvalue weighted by molar-refractivity contribution is -0.116. The minimum atomic E-state index is -0.503. The maximum absolute atomic E-state index is 13.9. The van der Waals surface area contributed by atoms with E-state index in [0.717, 1.165) is 29.5 Å². The Kier molecular flexibility index (Phi) is 7.16. The van der Waals surface area contributed by atoms with Gasteiger partial charge >= 0.3 is 0 Å². The second-order valence-corrected chi connectivity index (χ2v) is 9.91. The molecule has 1 atom stereocenters. The molecule has 3 aromatic carbocycles. The predicted molar refractivity (Wildman–Crippen MR) is 143 cm³/mol. The minimum Gasteiger partial charge on any atom is -0.337 e. The first-order valence-electron chi connectivity index (χ1n) is 12.1. The number of hydrogen-bond acceptors (Lipinski definition) is 4. The molecule has 0 bridgehead atoms. The number of nitrogens with zero attached hydrogens (tertiary/aromatic N) is 2. The van der Waals surface area contributed by atoms with Crippen LogP contribution in [-0.4, -0.2) is 48.8 Å². The molecule has 0 aliphatic carbocycles. The first-order valence-corrected chi connectivity index (χ1v) is 12.9. The monoisotopic (exact) mass is 546 g/mol. The van der Waals surface area contributed by atoms with Crippen LogP contribution in [0.5, 0.6) is 0 Å². The van der Waals surface area contributed by atoms with Crippen molar-refractivity contribution in [1.29, 1.82) is 0 Å². The Morgan fingerprint density at radius 3 is 2.47 bits per heavy atom. The molecule has 0 spiro atoms. The van der Waals surface area contributed by atoms with Gasteiger partial charge in [0.25, 0.3) is 11.8 Å². The smallest absolute Gasteiger partial charge is 0.258 e. The van der Waals surface area contributed by atoms with E-state index in [1.807, 2.05) is 47.4 Å². The van der Waals surface area contributed by atoms with Gasteiger partial charge in [-0.25, -0.2) is 0 Å². The first kappa shape index (κ1) is 24.2. The average Bonchev–Trinajstić information content (AvgIpc) is 3.25. The van der Waals surface area contributed by atoms with Gasteiger partial charge in [0.15, 0.2) is 0 Å². The molecule has 3 amide bonds. The van der Waals surface area contributed by atoms with E-state index < -0.39 is 6.04 Å². The van der Waals surface area contributed by atoms with Crippen LogP contribution in [0.15, 0.2) is 77.3 Å². The Bertz CT molecular complexity index is 1290. The highest BCUT2D eigenvalue weighted by Crippen LogP contribution is 2.40. The van der Waals surface area contributed by atoms with E-state index in [2.05, 4.69) is 26.6 Å². The zero-order valence-electron chi connectivity index (χ0n) is 19.7. The van der Waals surface area contributed by atoms with E-state index in [1.54, 1.807) is 35.2 Å². The fourth-order valence-corrected chi connectivity index (χ4v) is 5.20. The Hall–Kier alpha value is -3.49. The number of benzene rings is 3. The molecular formula is C28H27BrN4O3. The Balaban J connectivity index is 1.59. The summed E-state index contributed by atoms with van der Waals surface area (Å²) in [6.07, 6.45) is 0.987. The van der Waals surface area contributed by atoms with Gasteiger partial charge in [-0.2, -0.15) is 0 Å². The van der Waals surface area contributed by atoms with Crippen LogP contribution < -0.4 is 15.5 Å². The molecule has 1 saturated heterocycles. The van der Waals surface area contributed by atoms with Crippen molar-refractivity contribution < 1.29 is 14.4 Å². The van der Waals surface area contributed by atoms with E-state index in [1.165, 1.54) is 0 Å². The highest BCUT2D eigenvalue weighted by Gasteiger charge is 2.34. The van der Waals surface area contributed by atoms with Crippen LogP contribution in [0.4, 0.5) is 11.4 Å². The quantitative estimate of drug-likeness (QED) is 0.502. The van der Waals surface area contributed by atoms with Crippen molar-refractivity contribution in [3.63, 3.8) is 0 Å². The van der Waals surface area contributed by atoms with Gasteiger partial charge in [-0.05, 0) is 54.9 Å². The lowest BCUT2D eigenvalue weighted by atomic mass is 10.00. The number of hydrogen-bond donors (Lipinski definition) is 2. The third-order valence-corrected chi connectivity index (χ3v) is 7.06. The van der Waals surface area contributed by atoms with Crippen LogP contribution in [0.25, 0.3) is 0 Å². The van der Waals surface area contributed by atoms with E-state index in [0.29, 0.717) is 35.6 Å². The summed E-state index contributed by atoms with van der Waals surface area (Å²) in [4.78, 5) is 43.8. The fourth-order valence-electron chi connectivity index (χ4n) is 4.80. The lowest BCUT2D eigenvalue weighted by Crippen LogP contribution is -2.35. The van der Waals surface area contributed by atoms with Crippen LogP contribution >= 0.6 is 15.9 Å². The van der Waals surface area contributed by atoms with Crippen LogP contribution in [0.3, 0.4) is 0 Å². The molecule has 2 N–H and O–H groups in total. The lowest BCUT2D eigenvalue weighted by Gasteiger charge is -2.31. The standard InChI is InChI=1S/C28H27BrN4O3/c29-22-9-4-8-20(16-22)28(36)33-24-11-10-21(27(35)32-14-5-12-30-13-15-32)17-23(24)31-26(34)18-25(33)19-6-2-1-3-7-19/h1-4,6-11,16-17,25,30H,5,12-15,18H2,(H,31,34). The van der Waals surface area contributed by atoms with Crippen molar-refractivity contribution >= 4 is 45.0 Å². The van der Waals surface area contributed by atoms with E-state index in [9.17, 15) is 14.4 Å². The number of amides is 3. The summed E-state index contributed by atoms with van der Waals surface area (Å²) >= 11 is 3.46. The molecule has 0 radical (unpaired) electrons. The van der Waals surface area contributed by atoms with Crippen molar-refractivity contribution in [2.45, 2.75) is 18.9 Å². The van der Waals surface area contributed by atoms with Gasteiger partial charge in [0, 0.05) is 35.2 Å². The zero-order chi connectivity index (χ0) is 25.1. The highest BCUT2D eigenvalue weighted by molar-refractivity contribution is 9.10. The van der Waals surface area contributed by atoms with E-state index in [4.69, 9.17) is 0 Å². The molecule has 1 unspecified atom stereocenters. The summed E-state index contributed by atoms with van der Waals surface area (Å²) in [6, 6.07) is 21.5. The van der Waals surface area contributed by atoms with Gasteiger partial charge in [-0.1, -0.05) is 52.3 Å². The van der Waals surface area contributed by atoms with Gasteiger partial charge < -0.3 is 15.5 Å². The molecule has 5 rings (SSSR count). The largest absolute Gasteiger partial charge is 0.337 e. The van der Waals surface area contributed by atoms with Crippen LogP contribution in [-0.2, 0) is 4.79 Å². The maximum atomic E-state index is 13.9. The summed E-state index contributed by atoms with van der Waals surface area (Å²) < 4.78 is 0.793. The Labute approximate surface area is 218 Å². The molecule has 2 heterocycles. The summed E-state index contributed by atoms with van der Waals surface area (Å²) in [6.45, 7) is 2.95. The van der Waals surface area contributed by atoms with Gasteiger partial charge in [0.05, 0.1) is 23.8 Å². The third kappa shape index (κ3) is 5.05. The molecule has 0 saturated carbocycles. The molecule has 2 aliphatic heterocycles. The number of rotatable bonds is 3. The van der Waals surface area contributed by atoms with Crippen LogP contribution in [0.1, 0.15) is 45.2 Å². The topological polar surface area (TPSA) is 81.8 Å². The fraction of sp³-hybridized carbons (Fsp3) is 0.250. The number of anilines is 2. The summed E-state index contributed by atoms with van der Waals surface area (Å²) in [7, 11) is 0. The van der Waals surface area contributed by atoms with Crippen molar-refractivity contribution in [3.05, 3.63) is 94.0 Å². The SMILES string of the molecule is O=C1CC(c2ccccc2)N(C(=O)c2cccc(Br)c2)c2ccc(C(=O)N3CCCNCC3)cc2N1. The molecule has 184 valence electrons. The number of nitrogens with one attached hydrogen (secondary N) is 2. The average molecular weight is 547 g/mol. The van der Waals surface area contributed by atoms with Crippen molar-refractivity contribution in [2.24, 2.45) is 0 Å².